The van der Waals surface area contributed by atoms with Gasteiger partial charge in [0.25, 0.3) is 0 Å². The molecule has 3 saturated heterocycles. The molecule has 12 heteroatoms. The minimum atomic E-state index is -1.47. The van der Waals surface area contributed by atoms with Gasteiger partial charge in [-0.05, 0) is 5.92 Å². The molecule has 3 aliphatic heterocycles. The van der Waals surface area contributed by atoms with Crippen LogP contribution in [0.15, 0.2) is 0 Å². The lowest BCUT2D eigenvalue weighted by atomic mass is 9.92. The minimum absolute atomic E-state index is 0.0991. The molecule has 3 heterocycles. The lowest BCUT2D eigenvalue weighted by molar-refractivity contribution is -0.309. The molecule has 12 atom stereocenters. The Balaban J connectivity index is 1.78. The molecule has 0 amide bonds. The van der Waals surface area contributed by atoms with Crippen molar-refractivity contribution < 1.29 is 59.4 Å². The van der Waals surface area contributed by atoms with Crippen LogP contribution in [0.25, 0.3) is 0 Å². The van der Waals surface area contributed by atoms with Crippen molar-refractivity contribution in [1.82, 2.24) is 0 Å². The number of hydrogen-bond acceptors (Lipinski definition) is 12. The molecule has 0 bridgehead atoms. The van der Waals surface area contributed by atoms with Crippen LogP contribution >= 0.6 is 0 Å². The summed E-state index contributed by atoms with van der Waals surface area (Å²) in [5.74, 6) is -0.115. The van der Waals surface area contributed by atoms with Gasteiger partial charge in [0.2, 0.25) is 0 Å². The Hall–Kier alpha value is -0.480. The normalized spacial score (nSPS) is 49.8. The molecular formula is C18H32O12. The summed E-state index contributed by atoms with van der Waals surface area (Å²) in [6.07, 6.45) is -14.4. The number of aliphatic hydroxyl groups excluding tert-OH is 7. The number of rotatable bonds is 7. The zero-order valence-corrected chi connectivity index (χ0v) is 16.8. The molecule has 7 N–H and O–H groups in total. The first-order valence-electron chi connectivity index (χ1n) is 10.0. The van der Waals surface area contributed by atoms with E-state index in [0.29, 0.717) is 0 Å². The van der Waals surface area contributed by atoms with Gasteiger partial charge in [0.1, 0.15) is 54.9 Å². The van der Waals surface area contributed by atoms with Gasteiger partial charge in [0.15, 0.2) is 12.6 Å². The van der Waals surface area contributed by atoms with Crippen LogP contribution in [0, 0.1) is 5.92 Å². The van der Waals surface area contributed by atoms with Crippen molar-refractivity contribution in [3.8, 4) is 0 Å². The van der Waals surface area contributed by atoms with Gasteiger partial charge in [-0.15, -0.1) is 0 Å². The van der Waals surface area contributed by atoms with Crippen LogP contribution in [0.2, 0.25) is 0 Å². The van der Waals surface area contributed by atoms with E-state index in [1.54, 1.807) is 0 Å². The highest BCUT2D eigenvalue weighted by atomic mass is 16.8. The van der Waals surface area contributed by atoms with Crippen LogP contribution in [-0.4, -0.2) is 129 Å². The standard InChI is InChI=1S/C18H32O12/c1-6(2)14-16(30-18-13(25)11(23)9(4-20)28-18)15(7(21)5-26-14)29-17-12(24)10(22)8(3-19)27-17/h6-25H,3-5H2,1-2H3/t7?,8-,9?,10?,11?,12?,13?,14?,15?,16?,17?,18?/m1/s1. The Kier molecular flexibility index (Phi) is 8.04. The van der Waals surface area contributed by atoms with E-state index in [9.17, 15) is 35.7 Å². The Morgan fingerprint density at radius 1 is 0.767 bits per heavy atom. The van der Waals surface area contributed by atoms with Crippen molar-refractivity contribution >= 4 is 0 Å². The molecule has 0 radical (unpaired) electrons. The van der Waals surface area contributed by atoms with E-state index in [1.165, 1.54) is 0 Å². The first-order chi connectivity index (χ1) is 14.2. The molecule has 30 heavy (non-hydrogen) atoms. The van der Waals surface area contributed by atoms with Crippen LogP contribution in [0.3, 0.4) is 0 Å². The predicted octanol–water partition coefficient (Wildman–Crippen LogP) is -3.95. The molecule has 3 fully saturated rings. The van der Waals surface area contributed by atoms with Crippen molar-refractivity contribution in [1.29, 1.82) is 0 Å². The first kappa shape index (κ1) is 24.2. The second kappa shape index (κ2) is 9.98. The van der Waals surface area contributed by atoms with Gasteiger partial charge in [0.05, 0.1) is 25.9 Å². The lowest BCUT2D eigenvalue weighted by Gasteiger charge is -2.44. The lowest BCUT2D eigenvalue weighted by Crippen LogP contribution is -2.59. The highest BCUT2D eigenvalue weighted by Gasteiger charge is 2.52. The third kappa shape index (κ3) is 4.65. The Morgan fingerprint density at radius 2 is 1.23 bits per heavy atom. The summed E-state index contributed by atoms with van der Waals surface area (Å²) in [6.45, 7) is 2.53. The van der Waals surface area contributed by atoms with Crippen LogP contribution in [-0.2, 0) is 23.7 Å². The molecule has 0 aromatic carbocycles. The molecule has 0 spiro atoms. The maximum absolute atomic E-state index is 10.5. The van der Waals surface area contributed by atoms with Crippen LogP contribution in [0.4, 0.5) is 0 Å². The Morgan fingerprint density at radius 3 is 1.63 bits per heavy atom. The zero-order chi connectivity index (χ0) is 22.2. The van der Waals surface area contributed by atoms with Crippen LogP contribution in [0.5, 0.6) is 0 Å². The third-order valence-electron chi connectivity index (χ3n) is 5.72. The zero-order valence-electron chi connectivity index (χ0n) is 16.8. The van der Waals surface area contributed by atoms with Gasteiger partial charge in [-0.25, -0.2) is 0 Å². The number of ether oxygens (including phenoxy) is 5. The first-order valence-corrected chi connectivity index (χ1v) is 10.0. The molecule has 0 aromatic heterocycles. The van der Waals surface area contributed by atoms with Gasteiger partial charge in [-0.3, -0.25) is 0 Å². The van der Waals surface area contributed by atoms with Gasteiger partial charge < -0.3 is 59.4 Å². The van der Waals surface area contributed by atoms with Crippen molar-refractivity contribution in [3.63, 3.8) is 0 Å². The van der Waals surface area contributed by atoms with Crippen molar-refractivity contribution in [3.05, 3.63) is 0 Å². The number of aliphatic hydroxyl groups is 7. The quantitative estimate of drug-likeness (QED) is 0.204. The summed E-state index contributed by atoms with van der Waals surface area (Å²) in [5.41, 5.74) is 0. The third-order valence-corrected chi connectivity index (χ3v) is 5.72. The Bertz CT molecular complexity index is 549. The second-order valence-corrected chi connectivity index (χ2v) is 8.22. The van der Waals surface area contributed by atoms with E-state index >= 15 is 0 Å². The largest absolute Gasteiger partial charge is 0.394 e. The molecule has 0 saturated carbocycles. The maximum atomic E-state index is 10.5. The second-order valence-electron chi connectivity index (χ2n) is 8.22. The maximum Gasteiger partial charge on any atom is 0.187 e. The van der Waals surface area contributed by atoms with E-state index in [4.69, 9.17) is 23.7 Å². The molecule has 176 valence electrons. The van der Waals surface area contributed by atoms with Crippen molar-refractivity contribution in [2.24, 2.45) is 5.92 Å². The van der Waals surface area contributed by atoms with Gasteiger partial charge >= 0.3 is 0 Å². The van der Waals surface area contributed by atoms with Gasteiger partial charge in [-0.2, -0.15) is 0 Å². The highest BCUT2D eigenvalue weighted by molar-refractivity contribution is 4.95. The topological polar surface area (TPSA) is 188 Å². The monoisotopic (exact) mass is 440 g/mol. The summed E-state index contributed by atoms with van der Waals surface area (Å²) in [6, 6.07) is 0. The molecule has 11 unspecified atom stereocenters. The summed E-state index contributed by atoms with van der Waals surface area (Å²) in [7, 11) is 0. The smallest absolute Gasteiger partial charge is 0.187 e. The predicted molar refractivity (Wildman–Crippen MR) is 95.9 cm³/mol. The summed E-state index contributed by atoms with van der Waals surface area (Å²) < 4.78 is 28.0. The SMILES string of the molecule is CC(C)C1OCC(O)C(OC2O[C@H](CO)C(O)C2O)C1OC1OC(CO)C(O)C1O. The fourth-order valence-corrected chi connectivity index (χ4v) is 3.97. The van der Waals surface area contributed by atoms with E-state index in [-0.39, 0.29) is 12.5 Å². The van der Waals surface area contributed by atoms with Crippen molar-refractivity contribution in [2.45, 2.75) is 87.5 Å². The Labute approximate surface area is 173 Å². The molecule has 3 rings (SSSR count). The fourth-order valence-electron chi connectivity index (χ4n) is 3.97. The fraction of sp³-hybridized carbons (Fsp3) is 1.00. The summed E-state index contributed by atoms with van der Waals surface area (Å²) >= 11 is 0. The minimum Gasteiger partial charge on any atom is -0.394 e. The van der Waals surface area contributed by atoms with Gasteiger partial charge in [-0.1, -0.05) is 13.8 Å². The van der Waals surface area contributed by atoms with E-state index < -0.39 is 86.8 Å². The molecular weight excluding hydrogens is 408 g/mol. The van der Waals surface area contributed by atoms with E-state index in [0.717, 1.165) is 0 Å². The highest BCUT2D eigenvalue weighted by Crippen LogP contribution is 2.33. The summed E-state index contributed by atoms with van der Waals surface area (Å²) in [5, 5.41) is 69.3. The number of hydrogen-bond donors (Lipinski definition) is 7. The van der Waals surface area contributed by atoms with Gasteiger partial charge in [0, 0.05) is 0 Å². The molecule has 0 aromatic rings. The molecule has 12 nitrogen and oxygen atoms in total. The molecule has 3 aliphatic rings. The van der Waals surface area contributed by atoms with Crippen molar-refractivity contribution in [2.75, 3.05) is 19.8 Å². The van der Waals surface area contributed by atoms with E-state index in [1.807, 2.05) is 13.8 Å². The van der Waals surface area contributed by atoms with E-state index in [2.05, 4.69) is 0 Å². The summed E-state index contributed by atoms with van der Waals surface area (Å²) in [4.78, 5) is 0. The van der Waals surface area contributed by atoms with Crippen LogP contribution < -0.4 is 0 Å². The van der Waals surface area contributed by atoms with Crippen LogP contribution in [0.1, 0.15) is 13.8 Å². The average molecular weight is 440 g/mol. The average Bonchev–Trinajstić information content (AvgIpc) is 3.14. The molecule has 0 aliphatic carbocycles.